The van der Waals surface area contributed by atoms with Crippen molar-refractivity contribution >= 4 is 66.4 Å². The van der Waals surface area contributed by atoms with Crippen LogP contribution in [0, 0.1) is 41.5 Å². The van der Waals surface area contributed by atoms with Crippen LogP contribution in [0.25, 0.3) is 32.3 Å². The van der Waals surface area contributed by atoms with Crippen LogP contribution in [-0.4, -0.2) is 0 Å². The van der Waals surface area contributed by atoms with Crippen molar-refractivity contribution in [2.45, 2.75) is 41.5 Å². The van der Waals surface area contributed by atoms with Gasteiger partial charge in [-0.1, -0.05) is 96.1 Å². The van der Waals surface area contributed by atoms with Gasteiger partial charge >= 0.3 is 0 Å². The zero-order chi connectivity index (χ0) is 33.1. The van der Waals surface area contributed by atoms with Gasteiger partial charge in [-0.3, -0.25) is 0 Å². The Morgan fingerprint density at radius 2 is 0.812 bits per heavy atom. The standard InChI is InChI=1S/C46H40N2/c1-29-12-20-37(21-13-29)47(42-26-31(3)10-16-33(42)5)41-25-19-36-28-44(39-9-7-8-35-18-24-40(41)46(36)45(35)39)48(38-22-14-30(2)15-23-38)43-27-32(4)11-17-34(43)6/h7-28H,1-6H3. The van der Waals surface area contributed by atoms with Crippen LogP contribution in [0.5, 0.6) is 0 Å². The molecule has 0 radical (unpaired) electrons. The van der Waals surface area contributed by atoms with Crippen LogP contribution in [0.3, 0.4) is 0 Å². The molecule has 0 aromatic heterocycles. The average molecular weight is 621 g/mol. The molecule has 0 atom stereocenters. The Labute approximate surface area is 283 Å². The maximum atomic E-state index is 2.46. The first-order valence-electron chi connectivity index (χ1n) is 16.9. The van der Waals surface area contributed by atoms with E-state index < -0.39 is 0 Å². The summed E-state index contributed by atoms with van der Waals surface area (Å²) in [7, 11) is 0. The van der Waals surface area contributed by atoms with E-state index in [4.69, 9.17) is 0 Å². The van der Waals surface area contributed by atoms with Crippen molar-refractivity contribution in [1.82, 2.24) is 0 Å². The second-order valence-corrected chi connectivity index (χ2v) is 13.5. The van der Waals surface area contributed by atoms with Crippen LogP contribution in [0.4, 0.5) is 34.1 Å². The summed E-state index contributed by atoms with van der Waals surface area (Å²) in [6.07, 6.45) is 0. The summed E-state index contributed by atoms with van der Waals surface area (Å²) in [6.45, 7) is 13.1. The van der Waals surface area contributed by atoms with Gasteiger partial charge in [-0.2, -0.15) is 0 Å². The Hall–Kier alpha value is -5.60. The lowest BCUT2D eigenvalue weighted by Gasteiger charge is -2.31. The normalized spacial score (nSPS) is 11.5. The van der Waals surface area contributed by atoms with Crippen molar-refractivity contribution in [1.29, 1.82) is 0 Å². The molecule has 0 heterocycles. The monoisotopic (exact) mass is 620 g/mol. The molecule has 0 unspecified atom stereocenters. The zero-order valence-electron chi connectivity index (χ0n) is 28.6. The largest absolute Gasteiger partial charge is 0.310 e. The summed E-state index contributed by atoms with van der Waals surface area (Å²) in [4.78, 5) is 4.91. The summed E-state index contributed by atoms with van der Waals surface area (Å²) in [5.74, 6) is 0. The van der Waals surface area contributed by atoms with Gasteiger partial charge in [-0.25, -0.2) is 0 Å². The molecule has 48 heavy (non-hydrogen) atoms. The Kier molecular flexibility index (Phi) is 7.18. The number of aryl methyl sites for hydroxylation is 6. The van der Waals surface area contributed by atoms with Crippen molar-refractivity contribution in [2.24, 2.45) is 0 Å². The van der Waals surface area contributed by atoms with Crippen molar-refractivity contribution in [2.75, 3.05) is 9.80 Å². The molecule has 0 amide bonds. The number of hydrogen-bond donors (Lipinski definition) is 0. The van der Waals surface area contributed by atoms with E-state index in [9.17, 15) is 0 Å². The second-order valence-electron chi connectivity index (χ2n) is 13.5. The molecule has 0 saturated carbocycles. The number of nitrogens with zero attached hydrogens (tertiary/aromatic N) is 2. The highest BCUT2D eigenvalue weighted by atomic mass is 15.2. The number of rotatable bonds is 6. The summed E-state index contributed by atoms with van der Waals surface area (Å²) in [6, 6.07) is 49.8. The highest BCUT2D eigenvalue weighted by Gasteiger charge is 2.23. The van der Waals surface area contributed by atoms with Crippen LogP contribution in [0.15, 0.2) is 133 Å². The zero-order valence-corrected chi connectivity index (χ0v) is 28.6. The van der Waals surface area contributed by atoms with E-state index in [1.165, 1.54) is 88.4 Å². The highest BCUT2D eigenvalue weighted by Crippen LogP contribution is 2.49. The van der Waals surface area contributed by atoms with E-state index in [2.05, 4.69) is 185 Å². The fraction of sp³-hybridized carbons (Fsp3) is 0.130. The van der Waals surface area contributed by atoms with Gasteiger partial charge in [-0.15, -0.1) is 0 Å². The van der Waals surface area contributed by atoms with Crippen LogP contribution in [-0.2, 0) is 0 Å². The van der Waals surface area contributed by atoms with Gasteiger partial charge in [0.15, 0.2) is 0 Å². The molecular weight excluding hydrogens is 581 g/mol. The third kappa shape index (κ3) is 4.96. The first-order chi connectivity index (χ1) is 23.3. The molecule has 0 spiro atoms. The van der Waals surface area contributed by atoms with Crippen molar-refractivity contribution in [3.8, 4) is 0 Å². The van der Waals surface area contributed by atoms with Gasteiger partial charge in [-0.05, 0) is 134 Å². The second kappa shape index (κ2) is 11.6. The molecule has 0 bridgehead atoms. The first kappa shape index (κ1) is 29.8. The molecule has 8 aromatic carbocycles. The van der Waals surface area contributed by atoms with Gasteiger partial charge < -0.3 is 9.80 Å². The van der Waals surface area contributed by atoms with E-state index >= 15 is 0 Å². The fourth-order valence-electron chi connectivity index (χ4n) is 7.30. The predicted molar refractivity (Wildman–Crippen MR) is 208 cm³/mol. The molecule has 8 aromatic rings. The summed E-state index contributed by atoms with van der Waals surface area (Å²) >= 11 is 0. The summed E-state index contributed by atoms with van der Waals surface area (Å²) in [5.41, 5.74) is 14.6. The lowest BCUT2D eigenvalue weighted by Crippen LogP contribution is -2.13. The maximum Gasteiger partial charge on any atom is 0.0546 e. The minimum atomic E-state index is 1.16. The SMILES string of the molecule is Cc1ccc(N(c2cc(C)ccc2C)c2cc3ccc(N(c4ccc(C)cc4)c4cc(C)ccc4C)c4ccc5cccc2c5c34)cc1. The number of benzene rings is 8. The third-order valence-corrected chi connectivity index (χ3v) is 9.88. The van der Waals surface area contributed by atoms with Gasteiger partial charge in [0.25, 0.3) is 0 Å². The van der Waals surface area contributed by atoms with Crippen LogP contribution in [0.1, 0.15) is 33.4 Å². The Morgan fingerprint density at radius 3 is 1.40 bits per heavy atom. The number of hydrogen-bond acceptors (Lipinski definition) is 2. The Morgan fingerprint density at radius 1 is 0.333 bits per heavy atom. The minimum absolute atomic E-state index is 1.16. The van der Waals surface area contributed by atoms with E-state index in [0.29, 0.717) is 0 Å². The molecule has 0 aliphatic rings. The van der Waals surface area contributed by atoms with Crippen LogP contribution < -0.4 is 9.80 Å². The average Bonchev–Trinajstić information content (AvgIpc) is 3.09. The number of anilines is 6. The van der Waals surface area contributed by atoms with Crippen molar-refractivity contribution in [3.63, 3.8) is 0 Å². The smallest absolute Gasteiger partial charge is 0.0546 e. The van der Waals surface area contributed by atoms with Crippen molar-refractivity contribution < 1.29 is 0 Å². The molecule has 0 saturated heterocycles. The van der Waals surface area contributed by atoms with Gasteiger partial charge in [0.1, 0.15) is 0 Å². The van der Waals surface area contributed by atoms with E-state index in [1.807, 2.05) is 0 Å². The van der Waals surface area contributed by atoms with Gasteiger partial charge in [0.05, 0.1) is 11.4 Å². The minimum Gasteiger partial charge on any atom is -0.310 e. The molecule has 2 nitrogen and oxygen atoms in total. The molecule has 8 rings (SSSR count). The van der Waals surface area contributed by atoms with Gasteiger partial charge in [0.2, 0.25) is 0 Å². The Balaban J connectivity index is 1.44. The van der Waals surface area contributed by atoms with E-state index in [-0.39, 0.29) is 0 Å². The lowest BCUT2D eigenvalue weighted by atomic mass is 9.91. The molecule has 0 aliphatic heterocycles. The molecular formula is C46H40N2. The molecule has 0 N–H and O–H groups in total. The van der Waals surface area contributed by atoms with E-state index in [1.54, 1.807) is 0 Å². The van der Waals surface area contributed by atoms with Gasteiger partial charge in [0, 0.05) is 33.5 Å². The Bertz CT molecular complexity index is 2450. The van der Waals surface area contributed by atoms with Crippen molar-refractivity contribution in [3.05, 3.63) is 167 Å². The molecule has 0 fully saturated rings. The van der Waals surface area contributed by atoms with Crippen LogP contribution >= 0.6 is 0 Å². The quantitative estimate of drug-likeness (QED) is 0.171. The van der Waals surface area contributed by atoms with E-state index in [0.717, 1.165) is 11.4 Å². The summed E-state index contributed by atoms with van der Waals surface area (Å²) < 4.78 is 0. The first-order valence-corrected chi connectivity index (χ1v) is 16.9. The predicted octanol–water partition coefficient (Wildman–Crippen LogP) is 13.4. The molecule has 0 aliphatic carbocycles. The maximum absolute atomic E-state index is 2.46. The molecule has 2 heteroatoms. The molecule has 234 valence electrons. The lowest BCUT2D eigenvalue weighted by molar-refractivity contribution is 1.24. The van der Waals surface area contributed by atoms with Crippen LogP contribution in [0.2, 0.25) is 0 Å². The highest BCUT2D eigenvalue weighted by molar-refractivity contribution is 6.29. The third-order valence-electron chi connectivity index (χ3n) is 9.88. The topological polar surface area (TPSA) is 6.48 Å². The fourth-order valence-corrected chi connectivity index (χ4v) is 7.30. The summed E-state index contributed by atoms with van der Waals surface area (Å²) in [5, 5.41) is 7.59.